The molecule has 0 aromatic carbocycles. The molecule has 2 N–H and O–H groups in total. The zero-order valence-electron chi connectivity index (χ0n) is 17.0. The maximum Gasteiger partial charge on any atom is 0.417 e. The van der Waals surface area contributed by atoms with Crippen molar-refractivity contribution in [2.45, 2.75) is 76.8 Å². The van der Waals surface area contributed by atoms with E-state index in [0.717, 1.165) is 18.7 Å². The number of pyridine rings is 1. The van der Waals surface area contributed by atoms with Crippen molar-refractivity contribution in [1.82, 2.24) is 15.2 Å². The number of carbonyl (C=O) groups is 2. The monoisotopic (exact) mass is 425 g/mol. The van der Waals surface area contributed by atoms with Gasteiger partial charge >= 0.3 is 12.1 Å². The van der Waals surface area contributed by atoms with Gasteiger partial charge in [-0.3, -0.25) is 14.6 Å². The average Bonchev–Trinajstić information content (AvgIpc) is 3.15. The summed E-state index contributed by atoms with van der Waals surface area (Å²) in [4.78, 5) is 30.2. The number of aliphatic carboxylic acids is 1. The largest absolute Gasteiger partial charge is 0.481 e. The summed E-state index contributed by atoms with van der Waals surface area (Å²) in [5, 5.41) is 12.3. The van der Waals surface area contributed by atoms with Crippen LogP contribution in [-0.4, -0.2) is 45.0 Å². The number of alkyl halides is 3. The molecule has 1 aromatic rings. The Kier molecular flexibility index (Phi) is 5.07. The summed E-state index contributed by atoms with van der Waals surface area (Å²) in [5.41, 5.74) is -0.211. The van der Waals surface area contributed by atoms with E-state index >= 15 is 0 Å². The Labute approximate surface area is 172 Å². The number of carboxylic acids is 1. The summed E-state index contributed by atoms with van der Waals surface area (Å²) >= 11 is 0. The number of hydrogen-bond donors (Lipinski definition) is 2. The first-order chi connectivity index (χ1) is 14.0. The molecular weight excluding hydrogens is 399 g/mol. The van der Waals surface area contributed by atoms with Crippen LogP contribution in [0.15, 0.2) is 12.3 Å². The number of nitrogens with zero attached hydrogens (tertiary/aromatic N) is 2. The Morgan fingerprint density at radius 1 is 1.47 bits per heavy atom. The van der Waals surface area contributed by atoms with E-state index in [2.05, 4.69) is 17.2 Å². The minimum atomic E-state index is -4.46. The van der Waals surface area contributed by atoms with E-state index in [9.17, 15) is 22.8 Å². The van der Waals surface area contributed by atoms with Gasteiger partial charge in [-0.1, -0.05) is 6.92 Å². The quantitative estimate of drug-likeness (QED) is 0.775. The van der Waals surface area contributed by atoms with Gasteiger partial charge in [-0.15, -0.1) is 0 Å². The molecule has 30 heavy (non-hydrogen) atoms. The predicted octanol–water partition coefficient (Wildman–Crippen LogP) is 3.00. The van der Waals surface area contributed by atoms with Crippen LogP contribution in [0.25, 0.3) is 0 Å². The molecule has 0 bridgehead atoms. The summed E-state index contributed by atoms with van der Waals surface area (Å²) in [5.74, 6) is -0.796. The Balaban J connectivity index is 1.52. The molecular formula is C21H26F3N3O3. The van der Waals surface area contributed by atoms with E-state index in [4.69, 9.17) is 5.11 Å². The molecule has 9 heteroatoms. The van der Waals surface area contributed by atoms with E-state index in [0.29, 0.717) is 30.5 Å². The van der Waals surface area contributed by atoms with Gasteiger partial charge in [-0.05, 0) is 43.7 Å². The second kappa shape index (κ2) is 7.21. The lowest BCUT2D eigenvalue weighted by molar-refractivity contribution is -0.139. The molecule has 1 aliphatic carbocycles. The van der Waals surface area contributed by atoms with Gasteiger partial charge < -0.3 is 15.3 Å². The van der Waals surface area contributed by atoms with E-state index in [1.807, 2.05) is 6.92 Å². The lowest BCUT2D eigenvalue weighted by atomic mass is 9.73. The highest BCUT2D eigenvalue weighted by Gasteiger charge is 2.60. The zero-order valence-corrected chi connectivity index (χ0v) is 17.0. The maximum atomic E-state index is 13.4. The van der Waals surface area contributed by atoms with Gasteiger partial charge in [0.2, 0.25) is 5.91 Å². The highest BCUT2D eigenvalue weighted by atomic mass is 19.4. The molecule has 5 atom stereocenters. The van der Waals surface area contributed by atoms with Crippen LogP contribution in [0.3, 0.4) is 0 Å². The summed E-state index contributed by atoms with van der Waals surface area (Å²) in [6.07, 6.45) is -0.981. The first-order valence-corrected chi connectivity index (χ1v) is 10.3. The van der Waals surface area contributed by atoms with Gasteiger partial charge in [-0.2, -0.15) is 13.2 Å². The van der Waals surface area contributed by atoms with Crippen molar-refractivity contribution >= 4 is 11.9 Å². The third-order valence-corrected chi connectivity index (χ3v) is 7.22. The topological polar surface area (TPSA) is 82.5 Å². The van der Waals surface area contributed by atoms with Crippen LogP contribution in [0.2, 0.25) is 0 Å². The second-order valence-electron chi connectivity index (χ2n) is 9.08. The van der Waals surface area contributed by atoms with Crippen LogP contribution in [0, 0.1) is 11.3 Å². The molecule has 3 unspecified atom stereocenters. The number of halogens is 3. The van der Waals surface area contributed by atoms with Crippen molar-refractivity contribution in [3.05, 3.63) is 29.1 Å². The minimum Gasteiger partial charge on any atom is -0.481 e. The molecule has 1 amide bonds. The van der Waals surface area contributed by atoms with Crippen molar-refractivity contribution < 1.29 is 27.9 Å². The average molecular weight is 425 g/mol. The van der Waals surface area contributed by atoms with Crippen molar-refractivity contribution in [3.63, 3.8) is 0 Å². The van der Waals surface area contributed by atoms with Crippen LogP contribution in [0.5, 0.6) is 0 Å². The molecule has 1 spiro atoms. The highest BCUT2D eigenvalue weighted by Crippen LogP contribution is 2.54. The van der Waals surface area contributed by atoms with Crippen LogP contribution in [0.1, 0.15) is 56.4 Å². The van der Waals surface area contributed by atoms with Gasteiger partial charge in [0.05, 0.1) is 17.4 Å². The maximum absolute atomic E-state index is 13.4. The lowest BCUT2D eigenvalue weighted by Gasteiger charge is -2.33. The van der Waals surface area contributed by atoms with Gasteiger partial charge in [0.15, 0.2) is 0 Å². The van der Waals surface area contributed by atoms with Gasteiger partial charge in [0.25, 0.3) is 0 Å². The molecule has 0 radical (unpaired) electrons. The van der Waals surface area contributed by atoms with Crippen LogP contribution in [-0.2, 0) is 28.7 Å². The predicted molar refractivity (Wildman–Crippen MR) is 101 cm³/mol. The fourth-order valence-electron chi connectivity index (χ4n) is 5.69. The van der Waals surface area contributed by atoms with Gasteiger partial charge in [-0.25, -0.2) is 0 Å². The Hall–Kier alpha value is -2.16. The molecule has 1 saturated heterocycles. The highest BCUT2D eigenvalue weighted by molar-refractivity contribution is 5.87. The smallest absolute Gasteiger partial charge is 0.417 e. The SMILES string of the molecule is CC(CC(=O)O)N[C@@H]1CC[C@@]2(C1)C(=O)N1Cc3cc(C(F)(F)F)cnc3CC1C2C. The molecule has 1 aromatic heterocycles. The number of fused-ring (bicyclic) bond motifs is 2. The van der Waals surface area contributed by atoms with Gasteiger partial charge in [0, 0.05) is 43.0 Å². The summed E-state index contributed by atoms with van der Waals surface area (Å²) in [6.45, 7) is 4.04. The van der Waals surface area contributed by atoms with E-state index in [1.165, 1.54) is 0 Å². The van der Waals surface area contributed by atoms with Crippen LogP contribution < -0.4 is 5.32 Å². The molecule has 164 valence electrons. The normalized spacial score (nSPS) is 31.7. The van der Waals surface area contributed by atoms with Crippen molar-refractivity contribution in [2.75, 3.05) is 0 Å². The molecule has 2 aliphatic heterocycles. The standard InChI is InChI=1S/C21H26F3N3O3/c1-11(5-18(28)29)26-15-3-4-20(8-15)12(2)17-7-16-13(10-27(17)19(20)30)6-14(9-25-16)21(22,23)24/h6,9,11-12,15,17,26H,3-5,7-8,10H2,1-2H3,(H,28,29)/t11?,12?,15-,17?,20+/m1/s1. The first-order valence-electron chi connectivity index (χ1n) is 10.3. The van der Waals surface area contributed by atoms with Crippen LogP contribution in [0.4, 0.5) is 13.2 Å². The third kappa shape index (κ3) is 3.46. The molecule has 3 heterocycles. The molecule has 3 aliphatic rings. The first kappa shape index (κ1) is 21.1. The zero-order chi connectivity index (χ0) is 21.8. The summed E-state index contributed by atoms with van der Waals surface area (Å²) in [7, 11) is 0. The number of carbonyl (C=O) groups excluding carboxylic acids is 1. The number of amides is 1. The minimum absolute atomic E-state index is 0.0123. The fraction of sp³-hybridized carbons (Fsp3) is 0.667. The van der Waals surface area contributed by atoms with Crippen LogP contribution >= 0.6 is 0 Å². The Morgan fingerprint density at radius 2 is 2.20 bits per heavy atom. The number of hydrogen-bond acceptors (Lipinski definition) is 4. The van der Waals surface area contributed by atoms with Gasteiger partial charge in [0.1, 0.15) is 0 Å². The number of aromatic nitrogens is 1. The van der Waals surface area contributed by atoms with Crippen molar-refractivity contribution in [1.29, 1.82) is 0 Å². The summed E-state index contributed by atoms with van der Waals surface area (Å²) < 4.78 is 39.2. The Bertz CT molecular complexity index is 875. The lowest BCUT2D eigenvalue weighted by Crippen LogP contribution is -2.41. The fourth-order valence-corrected chi connectivity index (χ4v) is 5.69. The van der Waals surface area contributed by atoms with E-state index in [1.54, 1.807) is 4.90 Å². The number of rotatable bonds is 4. The number of carboxylic acid groups (broad SMARTS) is 1. The van der Waals surface area contributed by atoms with Crippen molar-refractivity contribution in [2.24, 2.45) is 11.3 Å². The third-order valence-electron chi connectivity index (χ3n) is 7.22. The van der Waals surface area contributed by atoms with E-state index in [-0.39, 0.29) is 42.9 Å². The molecule has 1 saturated carbocycles. The molecule has 2 fully saturated rings. The van der Waals surface area contributed by atoms with E-state index < -0.39 is 23.1 Å². The summed E-state index contributed by atoms with van der Waals surface area (Å²) in [6, 6.07) is 0.925. The Morgan fingerprint density at radius 3 is 2.87 bits per heavy atom. The van der Waals surface area contributed by atoms with Crippen molar-refractivity contribution in [3.8, 4) is 0 Å². The molecule has 6 nitrogen and oxygen atoms in total. The molecule has 4 rings (SSSR count). The number of nitrogens with one attached hydrogen (secondary N) is 1. The second-order valence-corrected chi connectivity index (χ2v) is 9.08.